The van der Waals surface area contributed by atoms with Crippen molar-refractivity contribution in [1.29, 1.82) is 0 Å². The largest absolute Gasteiger partial charge is 0.308 e. The van der Waals surface area contributed by atoms with Crippen LogP contribution in [0.2, 0.25) is 0 Å². The van der Waals surface area contributed by atoms with Crippen molar-refractivity contribution in [1.82, 2.24) is 20.3 Å². The number of hydrogen-bond donors (Lipinski definition) is 1. The average Bonchev–Trinajstić information content (AvgIpc) is 3.14. The van der Waals surface area contributed by atoms with Crippen LogP contribution in [-0.4, -0.2) is 26.0 Å². The minimum Gasteiger partial charge on any atom is -0.308 e. The minimum absolute atomic E-state index is 0.0385. The zero-order valence-electron chi connectivity index (χ0n) is 11.1. The number of nitrogens with one attached hydrogen (secondary N) is 1. The second kappa shape index (κ2) is 5.01. The molecule has 1 saturated carbocycles. The maximum atomic E-state index is 11.1. The van der Waals surface area contributed by atoms with E-state index in [1.54, 1.807) is 18.3 Å². The summed E-state index contributed by atoms with van der Waals surface area (Å²) in [6.07, 6.45) is 4.14. The highest BCUT2D eigenvalue weighted by Crippen LogP contribution is 2.23. The second-order valence-corrected chi connectivity index (χ2v) is 5.06. The minimum atomic E-state index is -0.397. The van der Waals surface area contributed by atoms with Crippen molar-refractivity contribution in [3.05, 3.63) is 45.8 Å². The lowest BCUT2D eigenvalue weighted by Gasteiger charge is -2.02. The van der Waals surface area contributed by atoms with E-state index in [4.69, 9.17) is 0 Å². The third-order valence-corrected chi connectivity index (χ3v) is 3.26. The van der Waals surface area contributed by atoms with Crippen molar-refractivity contribution >= 4 is 5.69 Å². The quantitative estimate of drug-likeness (QED) is 0.662. The van der Waals surface area contributed by atoms with E-state index in [1.165, 1.54) is 17.5 Å². The molecule has 1 aromatic carbocycles. The summed E-state index contributed by atoms with van der Waals surface area (Å²) in [5.41, 5.74) is 2.10. The molecule has 2 aromatic rings. The Morgan fingerprint density at radius 2 is 2.30 bits per heavy atom. The zero-order chi connectivity index (χ0) is 14.1. The summed E-state index contributed by atoms with van der Waals surface area (Å²) in [6, 6.07) is 5.65. The number of nitro benzene ring substituents is 1. The molecule has 0 spiro atoms. The highest BCUT2D eigenvalue weighted by atomic mass is 16.6. The van der Waals surface area contributed by atoms with Gasteiger partial charge in [0.25, 0.3) is 5.69 Å². The van der Waals surface area contributed by atoms with Gasteiger partial charge in [0.15, 0.2) is 0 Å². The van der Waals surface area contributed by atoms with Crippen molar-refractivity contribution in [2.24, 2.45) is 0 Å². The number of nitrogens with zero attached hydrogens (tertiary/aromatic N) is 4. The zero-order valence-corrected chi connectivity index (χ0v) is 11.1. The van der Waals surface area contributed by atoms with Crippen LogP contribution in [0, 0.1) is 17.0 Å². The molecule has 0 atom stereocenters. The number of nitro groups is 1. The van der Waals surface area contributed by atoms with Gasteiger partial charge in [0.1, 0.15) is 5.69 Å². The molecule has 7 heteroatoms. The Kier molecular flexibility index (Phi) is 3.19. The molecule has 0 bridgehead atoms. The van der Waals surface area contributed by atoms with Gasteiger partial charge < -0.3 is 5.32 Å². The number of benzene rings is 1. The molecule has 20 heavy (non-hydrogen) atoms. The Bertz CT molecular complexity index is 648. The predicted octanol–water partition coefficient (Wildman–Crippen LogP) is 1.74. The molecule has 1 fully saturated rings. The molecule has 1 aromatic heterocycles. The molecule has 1 aliphatic carbocycles. The number of rotatable bonds is 5. The van der Waals surface area contributed by atoms with Gasteiger partial charge in [-0.3, -0.25) is 10.1 Å². The normalized spacial score (nSPS) is 14.4. The fourth-order valence-corrected chi connectivity index (χ4v) is 2.01. The van der Waals surface area contributed by atoms with Gasteiger partial charge in [-0.25, -0.2) is 4.68 Å². The Morgan fingerprint density at radius 1 is 1.50 bits per heavy atom. The molecule has 3 rings (SSSR count). The summed E-state index contributed by atoms with van der Waals surface area (Å²) in [5.74, 6) is 0. The summed E-state index contributed by atoms with van der Waals surface area (Å²) in [5, 5.41) is 22.5. The first-order valence-corrected chi connectivity index (χ1v) is 6.53. The van der Waals surface area contributed by atoms with Crippen LogP contribution in [0.15, 0.2) is 24.4 Å². The van der Waals surface area contributed by atoms with Gasteiger partial charge in [0.2, 0.25) is 0 Å². The first-order valence-electron chi connectivity index (χ1n) is 6.53. The van der Waals surface area contributed by atoms with Gasteiger partial charge in [-0.2, -0.15) is 0 Å². The van der Waals surface area contributed by atoms with E-state index in [9.17, 15) is 10.1 Å². The van der Waals surface area contributed by atoms with Crippen LogP contribution in [0.3, 0.4) is 0 Å². The molecule has 0 saturated heterocycles. The van der Waals surface area contributed by atoms with E-state index in [0.717, 1.165) is 11.3 Å². The van der Waals surface area contributed by atoms with E-state index in [-0.39, 0.29) is 5.69 Å². The average molecular weight is 273 g/mol. The van der Waals surface area contributed by atoms with Gasteiger partial charge in [-0.1, -0.05) is 11.3 Å². The fourth-order valence-electron chi connectivity index (χ4n) is 2.01. The van der Waals surface area contributed by atoms with E-state index in [2.05, 4.69) is 15.6 Å². The summed E-state index contributed by atoms with van der Waals surface area (Å²) in [4.78, 5) is 10.7. The third kappa shape index (κ3) is 2.67. The van der Waals surface area contributed by atoms with Crippen LogP contribution in [0.5, 0.6) is 0 Å². The van der Waals surface area contributed by atoms with Crippen LogP contribution in [0.25, 0.3) is 5.69 Å². The first-order chi connectivity index (χ1) is 9.63. The monoisotopic (exact) mass is 273 g/mol. The molecule has 104 valence electrons. The molecule has 7 nitrogen and oxygen atoms in total. The summed E-state index contributed by atoms with van der Waals surface area (Å²) in [6.45, 7) is 2.47. The summed E-state index contributed by atoms with van der Waals surface area (Å²) in [7, 11) is 0. The van der Waals surface area contributed by atoms with Gasteiger partial charge >= 0.3 is 0 Å². The predicted molar refractivity (Wildman–Crippen MR) is 72.6 cm³/mol. The van der Waals surface area contributed by atoms with Gasteiger partial charge in [0, 0.05) is 18.7 Å². The Hall–Kier alpha value is -2.28. The van der Waals surface area contributed by atoms with Crippen LogP contribution in [0.4, 0.5) is 5.69 Å². The van der Waals surface area contributed by atoms with Crippen LogP contribution in [0.1, 0.15) is 24.1 Å². The maximum Gasteiger partial charge on any atom is 0.295 e. The smallest absolute Gasteiger partial charge is 0.295 e. The Morgan fingerprint density at radius 3 is 3.00 bits per heavy atom. The first kappa shape index (κ1) is 12.7. The highest BCUT2D eigenvalue weighted by Gasteiger charge is 2.21. The third-order valence-electron chi connectivity index (χ3n) is 3.26. The molecule has 1 aliphatic rings. The Labute approximate surface area is 115 Å². The van der Waals surface area contributed by atoms with Crippen LogP contribution in [-0.2, 0) is 6.54 Å². The lowest BCUT2D eigenvalue weighted by Crippen LogP contribution is -2.15. The van der Waals surface area contributed by atoms with Crippen LogP contribution < -0.4 is 5.32 Å². The molecular weight excluding hydrogens is 258 g/mol. The summed E-state index contributed by atoms with van der Waals surface area (Å²) >= 11 is 0. The second-order valence-electron chi connectivity index (χ2n) is 5.06. The van der Waals surface area contributed by atoms with Gasteiger partial charge in [-0.05, 0) is 31.4 Å². The van der Waals surface area contributed by atoms with Crippen LogP contribution >= 0.6 is 0 Å². The SMILES string of the molecule is Cc1ccc(-n2cc(CNC3CC3)nn2)c([N+](=O)[O-])c1. The molecular formula is C13H15N5O2. The number of aryl methyl sites for hydroxylation is 1. The van der Waals surface area contributed by atoms with Gasteiger partial charge in [-0.15, -0.1) is 5.10 Å². The highest BCUT2D eigenvalue weighted by molar-refractivity contribution is 5.53. The molecule has 0 radical (unpaired) electrons. The standard InChI is InChI=1S/C13H15N5O2/c1-9-2-5-12(13(6-9)18(19)20)17-8-11(15-16-17)7-14-10-3-4-10/h2,5-6,8,10,14H,3-4,7H2,1H3. The molecule has 1 heterocycles. The van der Waals surface area contributed by atoms with E-state index < -0.39 is 4.92 Å². The lowest BCUT2D eigenvalue weighted by atomic mass is 10.2. The molecule has 0 unspecified atom stereocenters. The van der Waals surface area contributed by atoms with E-state index in [0.29, 0.717) is 18.3 Å². The summed E-state index contributed by atoms with van der Waals surface area (Å²) < 4.78 is 1.46. The van der Waals surface area contributed by atoms with Gasteiger partial charge in [0.05, 0.1) is 16.8 Å². The molecule has 0 aliphatic heterocycles. The van der Waals surface area contributed by atoms with Crippen molar-refractivity contribution in [3.63, 3.8) is 0 Å². The number of hydrogen-bond acceptors (Lipinski definition) is 5. The fraction of sp³-hybridized carbons (Fsp3) is 0.385. The van der Waals surface area contributed by atoms with E-state index >= 15 is 0 Å². The maximum absolute atomic E-state index is 11.1. The van der Waals surface area contributed by atoms with E-state index in [1.807, 2.05) is 13.0 Å². The Balaban J connectivity index is 1.86. The lowest BCUT2D eigenvalue weighted by molar-refractivity contribution is -0.384. The van der Waals surface area contributed by atoms with Crippen molar-refractivity contribution in [2.45, 2.75) is 32.4 Å². The topological polar surface area (TPSA) is 85.9 Å². The molecule has 0 amide bonds. The van der Waals surface area contributed by atoms with Crippen molar-refractivity contribution in [2.75, 3.05) is 0 Å². The van der Waals surface area contributed by atoms with Crippen molar-refractivity contribution < 1.29 is 4.92 Å². The van der Waals surface area contributed by atoms with Crippen molar-refractivity contribution in [3.8, 4) is 5.69 Å². The molecule has 1 N–H and O–H groups in total. The number of aromatic nitrogens is 3.